The van der Waals surface area contributed by atoms with Crippen LogP contribution < -0.4 is 10.6 Å². The molecule has 0 unspecified atom stereocenters. The van der Waals surface area contributed by atoms with Gasteiger partial charge in [0.25, 0.3) is 5.91 Å². The second kappa shape index (κ2) is 9.20. The van der Waals surface area contributed by atoms with Crippen molar-refractivity contribution in [1.82, 2.24) is 10.3 Å². The van der Waals surface area contributed by atoms with Gasteiger partial charge < -0.3 is 15.4 Å². The molecule has 2 N–H and O–H groups in total. The number of amides is 1. The number of anilines is 1. The number of hydrogen-bond acceptors (Lipinski definition) is 4. The molecule has 0 spiro atoms. The molecule has 0 aliphatic heterocycles. The van der Waals surface area contributed by atoms with E-state index in [1.807, 2.05) is 6.07 Å². The van der Waals surface area contributed by atoms with Crippen molar-refractivity contribution in [2.75, 3.05) is 32.1 Å². The summed E-state index contributed by atoms with van der Waals surface area (Å²) < 4.78 is 4.91. The van der Waals surface area contributed by atoms with Gasteiger partial charge >= 0.3 is 0 Å². The Bertz CT molecular complexity index is 514. The lowest BCUT2D eigenvalue weighted by Gasteiger charge is -2.13. The summed E-state index contributed by atoms with van der Waals surface area (Å²) >= 11 is 0. The van der Waals surface area contributed by atoms with Gasteiger partial charge in [-0.2, -0.15) is 0 Å². The molecular formula is C17H25N3O2. The number of ether oxygens (including phenoxy) is 1. The lowest BCUT2D eigenvalue weighted by molar-refractivity contribution is 0.0937. The highest BCUT2D eigenvalue weighted by Crippen LogP contribution is 2.20. The van der Waals surface area contributed by atoms with Crippen LogP contribution in [0.4, 0.5) is 5.69 Å². The van der Waals surface area contributed by atoms with Crippen molar-refractivity contribution >= 4 is 11.6 Å². The number of rotatable bonds is 8. The van der Waals surface area contributed by atoms with Crippen LogP contribution in [0, 0.1) is 0 Å². The largest absolute Gasteiger partial charge is 0.383 e. The van der Waals surface area contributed by atoms with Gasteiger partial charge in [0.1, 0.15) is 0 Å². The number of carbonyl (C=O) groups is 1. The van der Waals surface area contributed by atoms with Crippen molar-refractivity contribution in [2.45, 2.75) is 32.1 Å². The van der Waals surface area contributed by atoms with Crippen LogP contribution in [0.15, 0.2) is 30.1 Å². The van der Waals surface area contributed by atoms with E-state index in [0.717, 1.165) is 18.7 Å². The molecule has 0 bridgehead atoms. The van der Waals surface area contributed by atoms with E-state index < -0.39 is 0 Å². The fourth-order valence-electron chi connectivity index (χ4n) is 2.53. The van der Waals surface area contributed by atoms with Crippen LogP contribution in [-0.2, 0) is 4.74 Å². The number of allylic oxidation sites excluding steroid dienone is 1. The Kier molecular flexibility index (Phi) is 6.90. The first-order valence-electron chi connectivity index (χ1n) is 7.93. The number of nitrogens with one attached hydrogen (secondary N) is 2. The van der Waals surface area contributed by atoms with Crippen LogP contribution in [0.1, 0.15) is 42.5 Å². The predicted octanol–water partition coefficient (Wildman–Crippen LogP) is 2.76. The summed E-state index contributed by atoms with van der Waals surface area (Å²) in [4.78, 5) is 16.1. The number of pyridine rings is 1. The second-order valence-corrected chi connectivity index (χ2v) is 5.50. The fourth-order valence-corrected chi connectivity index (χ4v) is 2.53. The zero-order valence-electron chi connectivity index (χ0n) is 13.2. The molecule has 5 nitrogen and oxygen atoms in total. The molecule has 22 heavy (non-hydrogen) atoms. The van der Waals surface area contributed by atoms with Crippen LogP contribution >= 0.6 is 0 Å². The molecular weight excluding hydrogens is 278 g/mol. The average molecular weight is 303 g/mol. The van der Waals surface area contributed by atoms with Gasteiger partial charge in [0, 0.05) is 32.6 Å². The highest BCUT2D eigenvalue weighted by atomic mass is 16.5. The summed E-state index contributed by atoms with van der Waals surface area (Å²) in [5.41, 5.74) is 2.99. The summed E-state index contributed by atoms with van der Waals surface area (Å²) in [6.45, 7) is 1.88. The molecule has 0 aromatic carbocycles. The first kappa shape index (κ1) is 16.5. The number of aromatic nitrogens is 1. The Morgan fingerprint density at radius 2 is 2.23 bits per heavy atom. The third-order valence-corrected chi connectivity index (χ3v) is 3.75. The molecule has 1 aromatic heterocycles. The SMILES string of the molecule is COCCNC(=O)c1cncc(NCCC2=CCCCC2)c1. The van der Waals surface area contributed by atoms with Gasteiger partial charge in [0.15, 0.2) is 0 Å². The summed E-state index contributed by atoms with van der Waals surface area (Å²) in [5.74, 6) is -0.122. The Morgan fingerprint density at radius 3 is 3.00 bits per heavy atom. The molecule has 2 rings (SSSR count). The zero-order chi connectivity index (χ0) is 15.6. The highest BCUT2D eigenvalue weighted by Gasteiger charge is 2.07. The molecule has 0 atom stereocenters. The molecule has 1 aliphatic rings. The Balaban J connectivity index is 1.80. The van der Waals surface area contributed by atoms with Crippen molar-refractivity contribution in [1.29, 1.82) is 0 Å². The number of hydrogen-bond donors (Lipinski definition) is 2. The maximum absolute atomic E-state index is 11.9. The van der Waals surface area contributed by atoms with E-state index >= 15 is 0 Å². The molecule has 5 heteroatoms. The Morgan fingerprint density at radius 1 is 1.32 bits per heavy atom. The van der Waals surface area contributed by atoms with Crippen LogP contribution in [0.5, 0.6) is 0 Å². The van der Waals surface area contributed by atoms with Gasteiger partial charge in [-0.05, 0) is 38.2 Å². The van der Waals surface area contributed by atoms with Crippen LogP contribution in [0.3, 0.4) is 0 Å². The van der Waals surface area contributed by atoms with Crippen LogP contribution in [0.25, 0.3) is 0 Å². The van der Waals surface area contributed by atoms with Gasteiger partial charge in [-0.1, -0.05) is 11.6 Å². The monoisotopic (exact) mass is 303 g/mol. The van der Waals surface area contributed by atoms with Crippen molar-refractivity contribution in [3.63, 3.8) is 0 Å². The third-order valence-electron chi connectivity index (χ3n) is 3.75. The first-order chi connectivity index (χ1) is 10.8. The smallest absolute Gasteiger partial charge is 0.253 e. The maximum Gasteiger partial charge on any atom is 0.253 e. The first-order valence-corrected chi connectivity index (χ1v) is 7.93. The predicted molar refractivity (Wildman–Crippen MR) is 88.1 cm³/mol. The molecule has 1 heterocycles. The quantitative estimate of drug-likeness (QED) is 0.572. The van der Waals surface area contributed by atoms with Gasteiger partial charge in [0.2, 0.25) is 0 Å². The Labute approximate surface area is 132 Å². The van der Waals surface area contributed by atoms with Crippen molar-refractivity contribution < 1.29 is 9.53 Å². The summed E-state index contributed by atoms with van der Waals surface area (Å²) in [6.07, 6.45) is 11.8. The minimum atomic E-state index is -0.122. The van der Waals surface area contributed by atoms with Crippen LogP contribution in [0.2, 0.25) is 0 Å². The molecule has 1 aromatic rings. The molecule has 1 aliphatic carbocycles. The average Bonchev–Trinajstić information content (AvgIpc) is 2.56. The van der Waals surface area contributed by atoms with Gasteiger partial charge in [0.05, 0.1) is 17.9 Å². The third kappa shape index (κ3) is 5.48. The molecule has 0 radical (unpaired) electrons. The van der Waals surface area contributed by atoms with Crippen molar-refractivity contribution in [3.8, 4) is 0 Å². The van der Waals surface area contributed by atoms with Crippen molar-refractivity contribution in [2.24, 2.45) is 0 Å². The highest BCUT2D eigenvalue weighted by molar-refractivity contribution is 5.94. The summed E-state index contributed by atoms with van der Waals surface area (Å²) in [5, 5.41) is 6.14. The molecule has 120 valence electrons. The molecule has 0 saturated carbocycles. The van der Waals surface area contributed by atoms with Crippen molar-refractivity contribution in [3.05, 3.63) is 35.7 Å². The number of nitrogens with zero attached hydrogens (tertiary/aromatic N) is 1. The lowest BCUT2D eigenvalue weighted by atomic mass is 9.97. The van der Waals surface area contributed by atoms with Crippen LogP contribution in [-0.4, -0.2) is 37.7 Å². The normalized spacial score (nSPS) is 14.3. The second-order valence-electron chi connectivity index (χ2n) is 5.50. The standard InChI is InChI=1S/C17H25N3O2/c1-22-10-9-20-17(21)15-11-16(13-18-12-15)19-8-7-14-5-3-2-4-6-14/h5,11-13,19H,2-4,6-10H2,1H3,(H,20,21). The maximum atomic E-state index is 11.9. The minimum absolute atomic E-state index is 0.122. The van der Waals surface area contributed by atoms with Gasteiger partial charge in [-0.3, -0.25) is 9.78 Å². The fraction of sp³-hybridized carbons (Fsp3) is 0.529. The Hall–Kier alpha value is -1.88. The van der Waals surface area contributed by atoms with E-state index in [4.69, 9.17) is 4.74 Å². The van der Waals surface area contributed by atoms with E-state index in [1.54, 1.807) is 25.1 Å². The van der Waals surface area contributed by atoms with E-state index in [2.05, 4.69) is 21.7 Å². The minimum Gasteiger partial charge on any atom is -0.383 e. The molecule has 1 amide bonds. The summed E-state index contributed by atoms with van der Waals surface area (Å²) in [7, 11) is 1.61. The topological polar surface area (TPSA) is 63.2 Å². The lowest BCUT2D eigenvalue weighted by Crippen LogP contribution is -2.27. The molecule has 0 fully saturated rings. The zero-order valence-corrected chi connectivity index (χ0v) is 13.2. The van der Waals surface area contributed by atoms with E-state index in [9.17, 15) is 4.79 Å². The summed E-state index contributed by atoms with van der Waals surface area (Å²) in [6, 6.07) is 1.84. The number of carbonyl (C=O) groups excluding carboxylic acids is 1. The van der Waals surface area contributed by atoms with Gasteiger partial charge in [-0.15, -0.1) is 0 Å². The number of methoxy groups -OCH3 is 1. The van der Waals surface area contributed by atoms with E-state index in [-0.39, 0.29) is 5.91 Å². The molecule has 0 saturated heterocycles. The van der Waals surface area contributed by atoms with E-state index in [0.29, 0.717) is 18.7 Å². The van der Waals surface area contributed by atoms with Gasteiger partial charge in [-0.25, -0.2) is 0 Å². The van der Waals surface area contributed by atoms with E-state index in [1.165, 1.54) is 25.7 Å².